The molecule has 0 aromatic heterocycles. The van der Waals surface area contributed by atoms with E-state index in [1.807, 2.05) is 36.4 Å². The third kappa shape index (κ3) is 3.70. The van der Waals surface area contributed by atoms with Crippen molar-refractivity contribution in [2.75, 3.05) is 19.0 Å². The molecule has 0 bridgehead atoms. The predicted molar refractivity (Wildman–Crippen MR) is 106 cm³/mol. The van der Waals surface area contributed by atoms with Crippen LogP contribution in [0.4, 0.5) is 5.69 Å². The van der Waals surface area contributed by atoms with Crippen molar-refractivity contribution in [2.24, 2.45) is 5.92 Å². The van der Waals surface area contributed by atoms with Crippen molar-refractivity contribution >= 4 is 22.4 Å². The highest BCUT2D eigenvalue weighted by atomic mass is 16.5. The number of nitrogens with one attached hydrogen (secondary N) is 1. The Morgan fingerprint density at radius 1 is 1.23 bits per heavy atom. The Balaban J connectivity index is 1.91. The van der Waals surface area contributed by atoms with Crippen LogP contribution in [0.1, 0.15) is 46.0 Å². The maximum absolute atomic E-state index is 13.3. The highest BCUT2D eigenvalue weighted by molar-refractivity contribution is 6.06. The van der Waals surface area contributed by atoms with Crippen LogP contribution >= 0.6 is 0 Å². The quantitative estimate of drug-likeness (QED) is 0.778. The van der Waals surface area contributed by atoms with Crippen LogP contribution in [0.5, 0.6) is 5.75 Å². The van der Waals surface area contributed by atoms with Gasteiger partial charge in [-0.15, -0.1) is 0 Å². The van der Waals surface area contributed by atoms with Crippen LogP contribution in [-0.2, 0) is 9.53 Å². The molecule has 1 aliphatic carbocycles. The van der Waals surface area contributed by atoms with Gasteiger partial charge >= 0.3 is 0 Å². The minimum absolute atomic E-state index is 0.0205. The molecular formula is C22H29NO3. The molecule has 3 rings (SSSR count). The highest BCUT2D eigenvalue weighted by Crippen LogP contribution is 2.38. The molecule has 1 amide bonds. The summed E-state index contributed by atoms with van der Waals surface area (Å²) in [6, 6.07) is 11.8. The Morgan fingerprint density at radius 2 is 2.00 bits per heavy atom. The average molecular weight is 355 g/mol. The molecule has 26 heavy (non-hydrogen) atoms. The zero-order valence-corrected chi connectivity index (χ0v) is 16.0. The summed E-state index contributed by atoms with van der Waals surface area (Å²) in [7, 11) is 1.66. The molecule has 0 unspecified atom stereocenters. The van der Waals surface area contributed by atoms with Gasteiger partial charge in [-0.1, -0.05) is 44.5 Å². The van der Waals surface area contributed by atoms with E-state index in [0.717, 1.165) is 54.3 Å². The Morgan fingerprint density at radius 3 is 2.69 bits per heavy atom. The van der Waals surface area contributed by atoms with Crippen LogP contribution in [-0.4, -0.2) is 25.2 Å². The number of fused-ring (bicyclic) bond motifs is 1. The molecule has 1 fully saturated rings. The highest BCUT2D eigenvalue weighted by Gasteiger charge is 2.42. The number of methoxy groups -OCH3 is 1. The number of hydrogen-bond donors (Lipinski definition) is 1. The fraction of sp³-hybridized carbons (Fsp3) is 0.500. The van der Waals surface area contributed by atoms with E-state index >= 15 is 0 Å². The van der Waals surface area contributed by atoms with Gasteiger partial charge in [-0.25, -0.2) is 0 Å². The molecule has 0 heterocycles. The first-order valence-corrected chi connectivity index (χ1v) is 9.61. The van der Waals surface area contributed by atoms with Crippen LogP contribution in [0.15, 0.2) is 36.4 Å². The van der Waals surface area contributed by atoms with Gasteiger partial charge in [0, 0.05) is 23.1 Å². The Labute approximate surface area is 155 Å². The van der Waals surface area contributed by atoms with Gasteiger partial charge in [-0.3, -0.25) is 4.79 Å². The van der Waals surface area contributed by atoms with Gasteiger partial charge in [0.2, 0.25) is 0 Å². The number of hydrogen-bond acceptors (Lipinski definition) is 3. The van der Waals surface area contributed by atoms with Crippen LogP contribution in [0.25, 0.3) is 10.8 Å². The van der Waals surface area contributed by atoms with Gasteiger partial charge in [0.05, 0.1) is 7.11 Å². The summed E-state index contributed by atoms with van der Waals surface area (Å²) < 4.78 is 11.6. The van der Waals surface area contributed by atoms with E-state index in [2.05, 4.69) is 19.2 Å². The standard InChI is InChI=1S/C22H29NO3/c1-4-14-26-22(13-7-8-16(2)15-22)21(24)23-19-11-12-20(25-3)18-10-6-5-9-17(18)19/h5-6,9-12,16H,4,7-8,13-15H2,1-3H3,(H,23,24)/t16-,22-/m1/s1. The zero-order valence-electron chi connectivity index (χ0n) is 16.0. The van der Waals surface area contributed by atoms with Crippen LogP contribution < -0.4 is 10.1 Å². The van der Waals surface area contributed by atoms with E-state index in [9.17, 15) is 4.79 Å². The Bertz CT molecular complexity index is 773. The third-order valence-corrected chi connectivity index (χ3v) is 5.30. The van der Waals surface area contributed by atoms with Gasteiger partial charge in [0.15, 0.2) is 0 Å². The van der Waals surface area contributed by atoms with Gasteiger partial charge in [0.1, 0.15) is 11.4 Å². The van der Waals surface area contributed by atoms with Crippen molar-refractivity contribution in [3.05, 3.63) is 36.4 Å². The van der Waals surface area contributed by atoms with Crippen molar-refractivity contribution in [1.29, 1.82) is 0 Å². The molecule has 2 aromatic rings. The summed E-state index contributed by atoms with van der Waals surface area (Å²) in [6.07, 6.45) is 4.68. The predicted octanol–water partition coefficient (Wildman–Crippen LogP) is 5.16. The Kier molecular flexibility index (Phi) is 5.82. The van der Waals surface area contributed by atoms with Gasteiger partial charge < -0.3 is 14.8 Å². The second kappa shape index (κ2) is 8.09. The van der Waals surface area contributed by atoms with E-state index in [1.54, 1.807) is 7.11 Å². The lowest BCUT2D eigenvalue weighted by Crippen LogP contribution is -2.48. The average Bonchev–Trinajstić information content (AvgIpc) is 2.66. The number of benzene rings is 2. The number of anilines is 1. The maximum Gasteiger partial charge on any atom is 0.256 e. The minimum Gasteiger partial charge on any atom is -0.496 e. The molecule has 2 aromatic carbocycles. The zero-order chi connectivity index (χ0) is 18.6. The SMILES string of the molecule is CCCO[C@]1(C(=O)Nc2ccc(OC)c3ccccc23)CCC[C@@H](C)C1. The monoisotopic (exact) mass is 355 g/mol. The summed E-state index contributed by atoms with van der Waals surface area (Å²) in [5.41, 5.74) is 0.0958. The largest absolute Gasteiger partial charge is 0.496 e. The van der Waals surface area contributed by atoms with E-state index < -0.39 is 5.60 Å². The van der Waals surface area contributed by atoms with E-state index in [4.69, 9.17) is 9.47 Å². The van der Waals surface area contributed by atoms with Crippen molar-refractivity contribution < 1.29 is 14.3 Å². The Hall–Kier alpha value is -2.07. The number of amides is 1. The van der Waals surface area contributed by atoms with Gasteiger partial charge in [-0.2, -0.15) is 0 Å². The first-order chi connectivity index (χ1) is 12.6. The lowest BCUT2D eigenvalue weighted by atomic mass is 9.78. The molecule has 1 aliphatic rings. The topological polar surface area (TPSA) is 47.6 Å². The molecule has 2 atom stereocenters. The molecule has 0 saturated heterocycles. The maximum atomic E-state index is 13.3. The smallest absolute Gasteiger partial charge is 0.256 e. The third-order valence-electron chi connectivity index (χ3n) is 5.30. The molecule has 0 spiro atoms. The molecule has 0 aliphatic heterocycles. The first kappa shape index (κ1) is 18.7. The number of ether oxygens (including phenoxy) is 2. The second-order valence-corrected chi connectivity index (χ2v) is 7.36. The summed E-state index contributed by atoms with van der Waals surface area (Å²) in [5.74, 6) is 1.29. The summed E-state index contributed by atoms with van der Waals surface area (Å²) in [5, 5.41) is 5.13. The first-order valence-electron chi connectivity index (χ1n) is 9.61. The van der Waals surface area contributed by atoms with Crippen molar-refractivity contribution in [3.8, 4) is 5.75 Å². The number of carbonyl (C=O) groups excluding carboxylic acids is 1. The lowest BCUT2D eigenvalue weighted by Gasteiger charge is -2.38. The normalized spacial score (nSPS) is 23.0. The summed E-state index contributed by atoms with van der Waals surface area (Å²) in [4.78, 5) is 13.3. The second-order valence-electron chi connectivity index (χ2n) is 7.36. The van der Waals surface area contributed by atoms with E-state index in [0.29, 0.717) is 12.5 Å². The van der Waals surface area contributed by atoms with E-state index in [1.165, 1.54) is 0 Å². The van der Waals surface area contributed by atoms with Crippen molar-refractivity contribution in [3.63, 3.8) is 0 Å². The van der Waals surface area contributed by atoms with Gasteiger partial charge in [0.25, 0.3) is 5.91 Å². The van der Waals surface area contributed by atoms with Crippen LogP contribution in [0.2, 0.25) is 0 Å². The molecule has 4 nitrogen and oxygen atoms in total. The molecule has 1 saturated carbocycles. The molecule has 140 valence electrons. The molecular weight excluding hydrogens is 326 g/mol. The van der Waals surface area contributed by atoms with Crippen LogP contribution in [0, 0.1) is 5.92 Å². The van der Waals surface area contributed by atoms with Gasteiger partial charge in [-0.05, 0) is 43.7 Å². The number of rotatable bonds is 6. The molecule has 0 radical (unpaired) electrons. The summed E-state index contributed by atoms with van der Waals surface area (Å²) in [6.45, 7) is 4.90. The lowest BCUT2D eigenvalue weighted by molar-refractivity contribution is -0.148. The van der Waals surface area contributed by atoms with Crippen molar-refractivity contribution in [2.45, 2.75) is 51.6 Å². The summed E-state index contributed by atoms with van der Waals surface area (Å²) >= 11 is 0. The van der Waals surface area contributed by atoms with Crippen LogP contribution in [0.3, 0.4) is 0 Å². The minimum atomic E-state index is -0.714. The molecule has 4 heteroatoms. The molecule has 1 N–H and O–H groups in total. The number of carbonyl (C=O) groups is 1. The van der Waals surface area contributed by atoms with Crippen molar-refractivity contribution in [1.82, 2.24) is 0 Å². The fourth-order valence-electron chi connectivity index (χ4n) is 4.00. The fourth-order valence-corrected chi connectivity index (χ4v) is 4.00. The van der Waals surface area contributed by atoms with E-state index in [-0.39, 0.29) is 5.91 Å².